The molecule has 1 aromatic heterocycles. The number of hydrogen-bond donors (Lipinski definition) is 1. The molecule has 1 heterocycles. The minimum absolute atomic E-state index is 0.145. The molecule has 0 spiro atoms. The zero-order chi connectivity index (χ0) is 9.97. The van der Waals surface area contributed by atoms with E-state index in [4.69, 9.17) is 5.73 Å². The topological polar surface area (TPSA) is 38.9 Å². The second-order valence-electron chi connectivity index (χ2n) is 3.21. The Hall–Kier alpha value is -1.67. The molecule has 0 amide bonds. The standard InChI is InChI=1S/C12H12N2/c1-2-12(13)11-8-14-7-9-5-3-4-6-10(9)11/h2-8,12H,1,13H2/t12-/m0/s1. The smallest absolute Gasteiger partial charge is 0.0500 e. The van der Waals surface area contributed by atoms with Crippen LogP contribution in [0, 0.1) is 0 Å². The molecule has 2 aromatic rings. The average molecular weight is 184 g/mol. The van der Waals surface area contributed by atoms with Gasteiger partial charge in [0.25, 0.3) is 0 Å². The molecule has 70 valence electrons. The summed E-state index contributed by atoms with van der Waals surface area (Å²) in [6.45, 7) is 3.69. The molecule has 14 heavy (non-hydrogen) atoms. The summed E-state index contributed by atoms with van der Waals surface area (Å²) in [4.78, 5) is 4.15. The van der Waals surface area contributed by atoms with Crippen molar-refractivity contribution in [3.8, 4) is 0 Å². The Labute approximate surface area is 83.1 Å². The summed E-state index contributed by atoms with van der Waals surface area (Å²) < 4.78 is 0. The van der Waals surface area contributed by atoms with Crippen LogP contribution in [0.25, 0.3) is 10.8 Å². The summed E-state index contributed by atoms with van der Waals surface area (Å²) in [7, 11) is 0. The number of nitrogens with zero attached hydrogens (tertiary/aromatic N) is 1. The van der Waals surface area contributed by atoms with Gasteiger partial charge < -0.3 is 5.73 Å². The fourth-order valence-electron chi connectivity index (χ4n) is 1.53. The van der Waals surface area contributed by atoms with E-state index in [1.807, 2.05) is 24.4 Å². The molecule has 2 heteroatoms. The highest BCUT2D eigenvalue weighted by molar-refractivity contribution is 5.85. The molecule has 2 N–H and O–H groups in total. The van der Waals surface area contributed by atoms with E-state index in [2.05, 4.69) is 17.6 Å². The van der Waals surface area contributed by atoms with Gasteiger partial charge in [-0.3, -0.25) is 4.98 Å². The molecule has 0 unspecified atom stereocenters. The number of rotatable bonds is 2. The third-order valence-corrected chi connectivity index (χ3v) is 2.31. The van der Waals surface area contributed by atoms with Crippen molar-refractivity contribution >= 4 is 10.8 Å². The lowest BCUT2D eigenvalue weighted by atomic mass is 10.0. The Balaban J connectivity index is 2.70. The fraction of sp³-hybridized carbons (Fsp3) is 0.0833. The summed E-state index contributed by atoms with van der Waals surface area (Å²) in [6.07, 6.45) is 5.37. The molecule has 2 rings (SSSR count). The van der Waals surface area contributed by atoms with Crippen molar-refractivity contribution < 1.29 is 0 Å². The molecule has 0 aliphatic heterocycles. The lowest BCUT2D eigenvalue weighted by Crippen LogP contribution is -2.07. The number of pyridine rings is 1. The molecule has 1 atom stereocenters. The first kappa shape index (κ1) is 8.91. The van der Waals surface area contributed by atoms with Crippen LogP contribution in [0.4, 0.5) is 0 Å². The van der Waals surface area contributed by atoms with Crippen molar-refractivity contribution in [3.63, 3.8) is 0 Å². The monoisotopic (exact) mass is 184 g/mol. The third kappa shape index (κ3) is 1.40. The lowest BCUT2D eigenvalue weighted by molar-refractivity contribution is 0.916. The molecule has 0 radical (unpaired) electrons. The summed E-state index contributed by atoms with van der Waals surface area (Å²) in [5.41, 5.74) is 6.93. The maximum Gasteiger partial charge on any atom is 0.0500 e. The highest BCUT2D eigenvalue weighted by Gasteiger charge is 2.05. The van der Waals surface area contributed by atoms with Gasteiger partial charge >= 0.3 is 0 Å². The maximum absolute atomic E-state index is 5.90. The summed E-state index contributed by atoms with van der Waals surface area (Å²) in [5, 5.41) is 2.26. The summed E-state index contributed by atoms with van der Waals surface area (Å²) >= 11 is 0. The van der Waals surface area contributed by atoms with Crippen molar-refractivity contribution in [2.75, 3.05) is 0 Å². The van der Waals surface area contributed by atoms with E-state index in [-0.39, 0.29) is 6.04 Å². The molecule has 0 saturated heterocycles. The molecule has 0 fully saturated rings. The minimum atomic E-state index is -0.145. The Morgan fingerprint density at radius 3 is 2.86 bits per heavy atom. The van der Waals surface area contributed by atoms with Gasteiger partial charge in [0, 0.05) is 23.8 Å². The second kappa shape index (κ2) is 3.60. The number of aromatic nitrogens is 1. The van der Waals surface area contributed by atoms with E-state index < -0.39 is 0 Å². The maximum atomic E-state index is 5.90. The Kier molecular flexibility index (Phi) is 2.29. The fourth-order valence-corrected chi connectivity index (χ4v) is 1.53. The first-order chi connectivity index (χ1) is 6.83. The number of hydrogen-bond acceptors (Lipinski definition) is 2. The van der Waals surface area contributed by atoms with E-state index in [1.165, 1.54) is 0 Å². The van der Waals surface area contributed by atoms with Gasteiger partial charge in [-0.2, -0.15) is 0 Å². The Morgan fingerprint density at radius 2 is 2.07 bits per heavy atom. The molecular weight excluding hydrogens is 172 g/mol. The van der Waals surface area contributed by atoms with Crippen LogP contribution in [0.2, 0.25) is 0 Å². The van der Waals surface area contributed by atoms with E-state index in [0.29, 0.717) is 0 Å². The van der Waals surface area contributed by atoms with Gasteiger partial charge in [0.2, 0.25) is 0 Å². The molecule has 2 nitrogen and oxygen atoms in total. The molecule has 1 aromatic carbocycles. The van der Waals surface area contributed by atoms with Crippen molar-refractivity contribution in [2.24, 2.45) is 5.73 Å². The number of nitrogens with two attached hydrogens (primary N) is 1. The van der Waals surface area contributed by atoms with Crippen molar-refractivity contribution in [2.45, 2.75) is 6.04 Å². The SMILES string of the molecule is C=C[C@H](N)c1cncc2ccccc12. The Morgan fingerprint density at radius 1 is 1.29 bits per heavy atom. The Bertz CT molecular complexity index is 457. The molecule has 0 saturated carbocycles. The van der Waals surface area contributed by atoms with Gasteiger partial charge in [-0.1, -0.05) is 30.3 Å². The van der Waals surface area contributed by atoms with Crippen LogP contribution in [0.15, 0.2) is 49.3 Å². The van der Waals surface area contributed by atoms with Crippen LogP contribution >= 0.6 is 0 Å². The van der Waals surface area contributed by atoms with Crippen LogP contribution < -0.4 is 5.73 Å². The zero-order valence-corrected chi connectivity index (χ0v) is 7.85. The third-order valence-electron chi connectivity index (χ3n) is 2.31. The van der Waals surface area contributed by atoms with Gasteiger partial charge in [-0.25, -0.2) is 0 Å². The first-order valence-electron chi connectivity index (χ1n) is 4.53. The van der Waals surface area contributed by atoms with Gasteiger partial charge in [-0.05, 0) is 10.9 Å². The molecule has 0 aliphatic rings. The van der Waals surface area contributed by atoms with E-state index in [9.17, 15) is 0 Å². The quantitative estimate of drug-likeness (QED) is 0.728. The predicted molar refractivity (Wildman–Crippen MR) is 58.9 cm³/mol. The van der Waals surface area contributed by atoms with Gasteiger partial charge in [-0.15, -0.1) is 6.58 Å². The van der Waals surface area contributed by atoms with Crippen LogP contribution in [0.1, 0.15) is 11.6 Å². The van der Waals surface area contributed by atoms with Gasteiger partial charge in [0.15, 0.2) is 0 Å². The molecule has 0 bridgehead atoms. The lowest BCUT2D eigenvalue weighted by Gasteiger charge is -2.09. The highest BCUT2D eigenvalue weighted by atomic mass is 14.7. The molecule has 0 aliphatic carbocycles. The first-order valence-corrected chi connectivity index (χ1v) is 4.53. The second-order valence-corrected chi connectivity index (χ2v) is 3.21. The number of benzene rings is 1. The minimum Gasteiger partial charge on any atom is -0.321 e. The van der Waals surface area contributed by atoms with Crippen LogP contribution in [-0.2, 0) is 0 Å². The normalized spacial score (nSPS) is 12.6. The largest absolute Gasteiger partial charge is 0.321 e. The van der Waals surface area contributed by atoms with Crippen LogP contribution in [0.5, 0.6) is 0 Å². The summed E-state index contributed by atoms with van der Waals surface area (Å²) in [6, 6.07) is 7.93. The van der Waals surface area contributed by atoms with Gasteiger partial charge in [0.05, 0.1) is 0 Å². The van der Waals surface area contributed by atoms with Gasteiger partial charge in [0.1, 0.15) is 0 Å². The van der Waals surface area contributed by atoms with Crippen LogP contribution in [-0.4, -0.2) is 4.98 Å². The predicted octanol–water partition coefficient (Wildman–Crippen LogP) is 2.42. The van der Waals surface area contributed by atoms with E-state index >= 15 is 0 Å². The van der Waals surface area contributed by atoms with Crippen molar-refractivity contribution in [3.05, 3.63) is 54.9 Å². The zero-order valence-electron chi connectivity index (χ0n) is 7.85. The average Bonchev–Trinajstić information content (AvgIpc) is 2.27. The van der Waals surface area contributed by atoms with E-state index in [1.54, 1.807) is 12.3 Å². The summed E-state index contributed by atoms with van der Waals surface area (Å²) in [5.74, 6) is 0. The molecular formula is C12H12N2. The number of fused-ring (bicyclic) bond motifs is 1. The van der Waals surface area contributed by atoms with Crippen molar-refractivity contribution in [1.29, 1.82) is 0 Å². The van der Waals surface area contributed by atoms with Crippen molar-refractivity contribution in [1.82, 2.24) is 4.98 Å². The van der Waals surface area contributed by atoms with Crippen LogP contribution in [0.3, 0.4) is 0 Å². The highest BCUT2D eigenvalue weighted by Crippen LogP contribution is 2.21. The van der Waals surface area contributed by atoms with E-state index in [0.717, 1.165) is 16.3 Å².